The quantitative estimate of drug-likeness (QED) is 0.395. The molecule has 3 aromatic rings. The maximum Gasteiger partial charge on any atom is 0.191 e. The lowest BCUT2D eigenvalue weighted by molar-refractivity contribution is 0.162. The number of nitrogens with zero attached hydrogens (tertiary/aromatic N) is 5. The average molecular weight is 478 g/mol. The molecule has 1 aromatic carbocycles. The molecule has 2 atom stereocenters. The zero-order valence-corrected chi connectivity index (χ0v) is 22.4. The van der Waals surface area contributed by atoms with Crippen molar-refractivity contribution < 1.29 is 4.43 Å². The van der Waals surface area contributed by atoms with E-state index in [0.717, 1.165) is 53.7 Å². The first-order valence-electron chi connectivity index (χ1n) is 12.9. The van der Waals surface area contributed by atoms with E-state index in [4.69, 9.17) is 14.5 Å². The highest BCUT2D eigenvalue weighted by Crippen LogP contribution is 2.42. The highest BCUT2D eigenvalue weighted by molar-refractivity contribution is 6.74. The first kappa shape index (κ1) is 23.6. The fourth-order valence-electron chi connectivity index (χ4n) is 4.92. The van der Waals surface area contributed by atoms with Gasteiger partial charge in [0.1, 0.15) is 0 Å². The summed E-state index contributed by atoms with van der Waals surface area (Å²) < 4.78 is 8.57. The predicted octanol–water partition coefficient (Wildman–Crippen LogP) is 5.93. The molecular weight excluding hydrogens is 438 g/mol. The monoisotopic (exact) mass is 477 g/mol. The average Bonchev–Trinajstić information content (AvgIpc) is 3.41. The van der Waals surface area contributed by atoms with Crippen molar-refractivity contribution in [3.05, 3.63) is 42.9 Å². The summed E-state index contributed by atoms with van der Waals surface area (Å²) in [7, 11) is -1.62. The zero-order chi connectivity index (χ0) is 23.9. The van der Waals surface area contributed by atoms with E-state index in [9.17, 15) is 0 Å². The zero-order valence-electron chi connectivity index (χ0n) is 21.4. The van der Waals surface area contributed by atoms with Gasteiger partial charge in [0.15, 0.2) is 8.32 Å². The molecule has 0 radical (unpaired) electrons. The molecule has 5 rings (SSSR count). The van der Waals surface area contributed by atoms with Gasteiger partial charge in [-0.25, -0.2) is 4.98 Å². The third kappa shape index (κ3) is 4.97. The molecule has 2 aromatic heterocycles. The lowest BCUT2D eigenvalue weighted by Gasteiger charge is -2.36. The Bertz CT molecular complexity index is 1130. The molecule has 2 fully saturated rings. The number of likely N-dealkylation sites (tertiary alicyclic amines) is 1. The number of para-hydroxylation sites is 2. The van der Waals surface area contributed by atoms with Gasteiger partial charge in [-0.1, -0.05) is 32.9 Å². The van der Waals surface area contributed by atoms with Crippen LogP contribution in [0.15, 0.2) is 42.9 Å². The van der Waals surface area contributed by atoms with Gasteiger partial charge in [-0.15, -0.1) is 0 Å². The number of fused-ring (bicyclic) bond motifs is 1. The molecule has 0 N–H and O–H groups in total. The van der Waals surface area contributed by atoms with Crippen molar-refractivity contribution in [1.29, 1.82) is 0 Å². The van der Waals surface area contributed by atoms with Gasteiger partial charge in [-0.05, 0) is 61.9 Å². The van der Waals surface area contributed by atoms with E-state index in [0.29, 0.717) is 11.1 Å². The van der Waals surface area contributed by atoms with Crippen LogP contribution in [0.5, 0.6) is 0 Å². The van der Waals surface area contributed by atoms with Gasteiger partial charge < -0.3 is 4.43 Å². The Morgan fingerprint density at radius 3 is 2.53 bits per heavy atom. The van der Waals surface area contributed by atoms with Crippen LogP contribution in [0.1, 0.15) is 52.5 Å². The Kier molecular flexibility index (Phi) is 6.38. The van der Waals surface area contributed by atoms with Gasteiger partial charge in [0, 0.05) is 37.5 Å². The summed E-state index contributed by atoms with van der Waals surface area (Å²) in [5.74, 6) is 0.823. The molecule has 1 saturated carbocycles. The van der Waals surface area contributed by atoms with Crippen LogP contribution in [-0.4, -0.2) is 58.7 Å². The normalized spacial score (nSPS) is 22.4. The second-order valence-electron chi connectivity index (χ2n) is 11.7. The first-order chi connectivity index (χ1) is 16.2. The Balaban J connectivity index is 1.11. The fourth-order valence-corrected chi connectivity index (χ4v) is 5.98. The van der Waals surface area contributed by atoms with Gasteiger partial charge in [0.2, 0.25) is 0 Å². The van der Waals surface area contributed by atoms with E-state index in [-0.39, 0.29) is 0 Å². The van der Waals surface area contributed by atoms with Crippen molar-refractivity contribution in [2.24, 2.45) is 5.92 Å². The molecule has 1 aliphatic heterocycles. The number of piperidine rings is 1. The smallest absolute Gasteiger partial charge is 0.191 e. The Morgan fingerprint density at radius 1 is 1.06 bits per heavy atom. The third-order valence-corrected chi connectivity index (χ3v) is 12.9. The molecule has 34 heavy (non-hydrogen) atoms. The second-order valence-corrected chi connectivity index (χ2v) is 16.5. The van der Waals surface area contributed by atoms with E-state index < -0.39 is 8.32 Å². The Morgan fingerprint density at radius 2 is 1.79 bits per heavy atom. The topological polar surface area (TPSA) is 56.1 Å². The van der Waals surface area contributed by atoms with Crippen LogP contribution in [0.4, 0.5) is 0 Å². The van der Waals surface area contributed by atoms with Crippen LogP contribution in [0.2, 0.25) is 18.1 Å². The van der Waals surface area contributed by atoms with Crippen LogP contribution in [0.25, 0.3) is 22.3 Å². The predicted molar refractivity (Wildman–Crippen MR) is 140 cm³/mol. The van der Waals surface area contributed by atoms with E-state index in [1.165, 1.54) is 25.9 Å². The van der Waals surface area contributed by atoms with E-state index >= 15 is 0 Å². The molecule has 7 heteroatoms. The van der Waals surface area contributed by atoms with Crippen molar-refractivity contribution in [2.45, 2.75) is 76.7 Å². The summed E-state index contributed by atoms with van der Waals surface area (Å²) in [4.78, 5) is 12.0. The Hall–Kier alpha value is -2.09. The summed E-state index contributed by atoms with van der Waals surface area (Å²) >= 11 is 0. The number of hydrogen-bond acceptors (Lipinski definition) is 5. The van der Waals surface area contributed by atoms with Gasteiger partial charge in [-0.3, -0.25) is 14.6 Å². The van der Waals surface area contributed by atoms with Gasteiger partial charge in [0.05, 0.1) is 35.2 Å². The van der Waals surface area contributed by atoms with Crippen LogP contribution in [-0.2, 0) is 4.43 Å². The van der Waals surface area contributed by atoms with E-state index in [2.05, 4.69) is 54.6 Å². The van der Waals surface area contributed by atoms with Crippen LogP contribution >= 0.6 is 0 Å². The van der Waals surface area contributed by atoms with E-state index in [1.807, 2.05) is 36.7 Å². The standard InChI is InChI=1S/C27H39N5OSi/c1-27(2,3)34(4,5)33-15-12-20-16-26(20)31-13-10-22(11-14-31)32-19-21(17-29-32)25-18-28-23-8-6-7-9-24(23)30-25/h6-9,17-20,22,26H,10-16H2,1-5H3. The van der Waals surface area contributed by atoms with Crippen molar-refractivity contribution in [3.8, 4) is 11.3 Å². The summed E-state index contributed by atoms with van der Waals surface area (Å²) in [6.07, 6.45) is 10.8. The molecule has 0 spiro atoms. The molecule has 1 aliphatic carbocycles. The van der Waals surface area contributed by atoms with Crippen molar-refractivity contribution in [2.75, 3.05) is 19.7 Å². The molecule has 6 nitrogen and oxygen atoms in total. The lowest BCUT2D eigenvalue weighted by atomic mass is 10.0. The minimum absolute atomic E-state index is 0.297. The van der Waals surface area contributed by atoms with E-state index in [1.54, 1.807) is 0 Å². The fraction of sp³-hybridized carbons (Fsp3) is 0.593. The summed E-state index contributed by atoms with van der Waals surface area (Å²) in [6, 6.07) is 9.24. The van der Waals surface area contributed by atoms with Gasteiger partial charge in [-0.2, -0.15) is 5.10 Å². The number of aromatic nitrogens is 4. The highest BCUT2D eigenvalue weighted by Gasteiger charge is 2.43. The third-order valence-electron chi connectivity index (χ3n) is 8.33. The molecule has 0 bridgehead atoms. The first-order valence-corrected chi connectivity index (χ1v) is 15.8. The second kappa shape index (κ2) is 9.17. The SMILES string of the molecule is CC(C)(C)[Si](C)(C)OCCC1CC1N1CCC(n2cc(-c3cnc4ccccc4n3)cn2)CC1. The van der Waals surface area contributed by atoms with Crippen LogP contribution in [0.3, 0.4) is 0 Å². The summed E-state index contributed by atoms with van der Waals surface area (Å²) in [5, 5.41) is 4.99. The molecule has 2 unspecified atom stereocenters. The molecule has 3 heterocycles. The lowest BCUT2D eigenvalue weighted by Crippen LogP contribution is -2.41. The van der Waals surface area contributed by atoms with Crippen molar-refractivity contribution in [1.82, 2.24) is 24.6 Å². The number of benzene rings is 1. The Labute approximate surface area is 204 Å². The van der Waals surface area contributed by atoms with Crippen LogP contribution in [0, 0.1) is 5.92 Å². The molecule has 2 aliphatic rings. The van der Waals surface area contributed by atoms with Crippen LogP contribution < -0.4 is 0 Å². The number of rotatable bonds is 7. The minimum Gasteiger partial charge on any atom is -0.417 e. The van der Waals surface area contributed by atoms with Gasteiger partial charge >= 0.3 is 0 Å². The minimum atomic E-state index is -1.62. The molecule has 1 saturated heterocycles. The summed E-state index contributed by atoms with van der Waals surface area (Å²) in [5.41, 5.74) is 3.79. The molecule has 182 valence electrons. The van der Waals surface area contributed by atoms with Crippen molar-refractivity contribution >= 4 is 19.4 Å². The highest BCUT2D eigenvalue weighted by atomic mass is 28.4. The summed E-state index contributed by atoms with van der Waals surface area (Å²) in [6.45, 7) is 14.9. The van der Waals surface area contributed by atoms with Gasteiger partial charge in [0.25, 0.3) is 0 Å². The maximum atomic E-state index is 6.42. The maximum absolute atomic E-state index is 6.42. The van der Waals surface area contributed by atoms with Crippen molar-refractivity contribution in [3.63, 3.8) is 0 Å². The largest absolute Gasteiger partial charge is 0.417 e. The molecule has 0 amide bonds. The number of hydrogen-bond donors (Lipinski definition) is 0. The molecular formula is C27H39N5OSi.